The van der Waals surface area contributed by atoms with E-state index in [2.05, 4.69) is 26.1 Å². The topological polar surface area (TPSA) is 49.4 Å². The normalized spacial score (nSPS) is 24.1. The fourth-order valence-electron chi connectivity index (χ4n) is 2.11. The predicted octanol–water partition coefficient (Wildman–Crippen LogP) is 1.16. The van der Waals surface area contributed by atoms with Crippen LogP contribution in [0.15, 0.2) is 0 Å². The summed E-state index contributed by atoms with van der Waals surface area (Å²) in [7, 11) is 1.56. The molecule has 4 heteroatoms. The zero-order valence-electron chi connectivity index (χ0n) is 10.6. The summed E-state index contributed by atoms with van der Waals surface area (Å²) in [6.07, 6.45) is 2.10. The zero-order valence-corrected chi connectivity index (χ0v) is 10.6. The van der Waals surface area contributed by atoms with Crippen LogP contribution in [0.1, 0.15) is 40.0 Å². The van der Waals surface area contributed by atoms with Gasteiger partial charge in [-0.05, 0) is 18.8 Å². The number of carbonyl (C=O) groups is 2. The van der Waals surface area contributed by atoms with E-state index in [0.29, 0.717) is 24.8 Å². The summed E-state index contributed by atoms with van der Waals surface area (Å²) in [5.41, 5.74) is 0. The quantitative estimate of drug-likeness (QED) is 0.732. The van der Waals surface area contributed by atoms with Crippen molar-refractivity contribution in [2.45, 2.75) is 52.1 Å². The Hall–Kier alpha value is -0.900. The van der Waals surface area contributed by atoms with Crippen LogP contribution >= 0.6 is 0 Å². The van der Waals surface area contributed by atoms with Gasteiger partial charge in [-0.2, -0.15) is 0 Å². The van der Waals surface area contributed by atoms with E-state index < -0.39 is 0 Å². The molecule has 0 aromatic carbocycles. The number of likely N-dealkylation sites (tertiary alicyclic amines) is 1. The molecule has 1 fully saturated rings. The Balaban J connectivity index is 2.61. The van der Waals surface area contributed by atoms with Gasteiger partial charge in [0.05, 0.1) is 6.04 Å². The van der Waals surface area contributed by atoms with E-state index in [0.717, 1.165) is 6.42 Å². The number of imide groups is 1. The number of nitrogens with one attached hydrogen (secondary N) is 1. The van der Waals surface area contributed by atoms with Crippen LogP contribution in [0.5, 0.6) is 0 Å². The number of hydrogen-bond donors (Lipinski definition) is 1. The molecule has 1 aliphatic rings. The standard InChI is InChI=1S/C12H22N2O2/c1-5-9(8(2)3)13-10-6-7-11(15)14(4)12(10)16/h8-10,13H,5-7H2,1-4H3. The fraction of sp³-hybridized carbons (Fsp3) is 0.833. The summed E-state index contributed by atoms with van der Waals surface area (Å²) < 4.78 is 0. The first-order chi connectivity index (χ1) is 7.47. The number of amides is 2. The van der Waals surface area contributed by atoms with Crippen molar-refractivity contribution in [1.29, 1.82) is 0 Å². The third-order valence-electron chi connectivity index (χ3n) is 3.31. The number of likely N-dealkylation sites (N-methyl/N-ethyl adjacent to an activating group) is 1. The highest BCUT2D eigenvalue weighted by atomic mass is 16.2. The van der Waals surface area contributed by atoms with Crippen LogP contribution in [-0.2, 0) is 9.59 Å². The number of piperidine rings is 1. The van der Waals surface area contributed by atoms with Crippen LogP contribution in [-0.4, -0.2) is 35.8 Å². The van der Waals surface area contributed by atoms with Crippen molar-refractivity contribution < 1.29 is 9.59 Å². The van der Waals surface area contributed by atoms with Gasteiger partial charge in [0.2, 0.25) is 11.8 Å². The average molecular weight is 226 g/mol. The molecule has 0 radical (unpaired) electrons. The molecule has 0 spiro atoms. The molecule has 1 N–H and O–H groups in total. The summed E-state index contributed by atoms with van der Waals surface area (Å²) >= 11 is 0. The lowest BCUT2D eigenvalue weighted by Gasteiger charge is -2.32. The van der Waals surface area contributed by atoms with Gasteiger partial charge in [-0.3, -0.25) is 14.5 Å². The van der Waals surface area contributed by atoms with E-state index in [1.54, 1.807) is 7.05 Å². The average Bonchev–Trinajstić information content (AvgIpc) is 2.25. The second kappa shape index (κ2) is 5.43. The smallest absolute Gasteiger partial charge is 0.246 e. The minimum absolute atomic E-state index is 0.0688. The van der Waals surface area contributed by atoms with Gasteiger partial charge >= 0.3 is 0 Å². The molecule has 0 aromatic heterocycles. The molecule has 16 heavy (non-hydrogen) atoms. The lowest BCUT2D eigenvalue weighted by atomic mass is 9.97. The Bertz CT molecular complexity index is 276. The first kappa shape index (κ1) is 13.2. The third-order valence-corrected chi connectivity index (χ3v) is 3.31. The number of hydrogen-bond acceptors (Lipinski definition) is 3. The lowest BCUT2D eigenvalue weighted by Crippen LogP contribution is -2.54. The Labute approximate surface area is 97.4 Å². The number of nitrogens with zero attached hydrogens (tertiary/aromatic N) is 1. The largest absolute Gasteiger partial charge is 0.303 e. The monoisotopic (exact) mass is 226 g/mol. The Morgan fingerprint density at radius 3 is 2.56 bits per heavy atom. The van der Waals surface area contributed by atoms with Crippen molar-refractivity contribution >= 4 is 11.8 Å². The molecule has 1 aliphatic heterocycles. The SMILES string of the molecule is CCC(NC1CCC(=O)N(C)C1=O)C(C)C. The molecule has 2 amide bonds. The minimum Gasteiger partial charge on any atom is -0.303 e. The highest BCUT2D eigenvalue weighted by molar-refractivity contribution is 6.00. The molecule has 0 bridgehead atoms. The highest BCUT2D eigenvalue weighted by Crippen LogP contribution is 2.15. The molecule has 0 aliphatic carbocycles. The van der Waals surface area contributed by atoms with Crippen LogP contribution in [0.4, 0.5) is 0 Å². The molecule has 0 aromatic rings. The molecular weight excluding hydrogens is 204 g/mol. The van der Waals surface area contributed by atoms with E-state index >= 15 is 0 Å². The Morgan fingerprint density at radius 1 is 1.44 bits per heavy atom. The zero-order chi connectivity index (χ0) is 12.3. The van der Waals surface area contributed by atoms with Gasteiger partial charge in [-0.1, -0.05) is 20.8 Å². The second-order valence-electron chi connectivity index (χ2n) is 4.81. The maximum Gasteiger partial charge on any atom is 0.246 e. The van der Waals surface area contributed by atoms with Crippen LogP contribution in [0, 0.1) is 5.92 Å². The number of rotatable bonds is 4. The molecule has 2 unspecified atom stereocenters. The predicted molar refractivity (Wildman–Crippen MR) is 62.9 cm³/mol. The van der Waals surface area contributed by atoms with Crippen molar-refractivity contribution in [3.63, 3.8) is 0 Å². The van der Waals surface area contributed by atoms with Gasteiger partial charge in [-0.25, -0.2) is 0 Å². The summed E-state index contributed by atoms with van der Waals surface area (Å²) in [5.74, 6) is 0.344. The fourth-order valence-corrected chi connectivity index (χ4v) is 2.11. The van der Waals surface area contributed by atoms with Gasteiger partial charge in [0, 0.05) is 19.5 Å². The van der Waals surface area contributed by atoms with Gasteiger partial charge in [0.1, 0.15) is 0 Å². The molecular formula is C12H22N2O2. The van der Waals surface area contributed by atoms with Crippen molar-refractivity contribution in [3.8, 4) is 0 Å². The summed E-state index contributed by atoms with van der Waals surface area (Å²) in [6.45, 7) is 6.40. The van der Waals surface area contributed by atoms with Crippen molar-refractivity contribution in [1.82, 2.24) is 10.2 Å². The molecule has 1 heterocycles. The highest BCUT2D eigenvalue weighted by Gasteiger charge is 2.32. The van der Waals surface area contributed by atoms with Crippen molar-refractivity contribution in [3.05, 3.63) is 0 Å². The van der Waals surface area contributed by atoms with E-state index in [9.17, 15) is 9.59 Å². The maximum absolute atomic E-state index is 11.9. The Kier molecular flexibility index (Phi) is 4.47. The molecule has 92 valence electrons. The van der Waals surface area contributed by atoms with Gasteiger partial charge < -0.3 is 5.32 Å². The summed E-state index contributed by atoms with van der Waals surface area (Å²) in [5, 5.41) is 3.36. The van der Waals surface area contributed by atoms with Crippen molar-refractivity contribution in [2.24, 2.45) is 5.92 Å². The summed E-state index contributed by atoms with van der Waals surface area (Å²) in [4.78, 5) is 24.4. The van der Waals surface area contributed by atoms with Crippen LogP contribution in [0.25, 0.3) is 0 Å². The van der Waals surface area contributed by atoms with E-state index in [-0.39, 0.29) is 17.9 Å². The molecule has 4 nitrogen and oxygen atoms in total. The first-order valence-corrected chi connectivity index (χ1v) is 6.03. The molecule has 1 rings (SSSR count). The van der Waals surface area contributed by atoms with Gasteiger partial charge in [0.25, 0.3) is 0 Å². The molecule has 1 saturated heterocycles. The lowest BCUT2D eigenvalue weighted by molar-refractivity contribution is -0.148. The first-order valence-electron chi connectivity index (χ1n) is 6.03. The van der Waals surface area contributed by atoms with E-state index in [1.165, 1.54) is 4.90 Å². The third kappa shape index (κ3) is 2.82. The number of carbonyl (C=O) groups excluding carboxylic acids is 2. The van der Waals surface area contributed by atoms with Crippen molar-refractivity contribution in [2.75, 3.05) is 7.05 Å². The molecule has 2 atom stereocenters. The molecule has 0 saturated carbocycles. The second-order valence-corrected chi connectivity index (χ2v) is 4.81. The Morgan fingerprint density at radius 2 is 2.06 bits per heavy atom. The summed E-state index contributed by atoms with van der Waals surface area (Å²) in [6, 6.07) is 0.158. The van der Waals surface area contributed by atoms with Crippen LogP contribution in [0.2, 0.25) is 0 Å². The van der Waals surface area contributed by atoms with Crippen LogP contribution in [0.3, 0.4) is 0 Å². The minimum atomic E-state index is -0.185. The van der Waals surface area contributed by atoms with E-state index in [4.69, 9.17) is 0 Å². The maximum atomic E-state index is 11.9. The van der Waals surface area contributed by atoms with E-state index in [1.807, 2.05) is 0 Å². The van der Waals surface area contributed by atoms with Crippen LogP contribution < -0.4 is 5.32 Å². The van der Waals surface area contributed by atoms with Gasteiger partial charge in [0.15, 0.2) is 0 Å². The van der Waals surface area contributed by atoms with Gasteiger partial charge in [-0.15, -0.1) is 0 Å².